The maximum atomic E-state index is 12.8. The van der Waals surface area contributed by atoms with Crippen LogP contribution in [0.3, 0.4) is 0 Å². The Balaban J connectivity index is 0.00000385. The Hall–Kier alpha value is -3.11. The second-order valence-corrected chi connectivity index (χ2v) is 9.21. The van der Waals surface area contributed by atoms with E-state index < -0.39 is 21.8 Å². The van der Waals surface area contributed by atoms with Gasteiger partial charge in [0.2, 0.25) is 9.84 Å². The Kier molecular flexibility index (Phi) is 8.84. The molecule has 0 unspecified atom stereocenters. The van der Waals surface area contributed by atoms with Gasteiger partial charge in [0, 0.05) is 6.54 Å². The summed E-state index contributed by atoms with van der Waals surface area (Å²) in [6, 6.07) is 16.2. The number of phenolic OH excluding ortho intramolecular Hbond substituents is 1. The number of rotatable bonds is 9. The molecule has 0 aliphatic rings. The quantitative estimate of drug-likeness (QED) is 0.287. The number of aliphatic hydroxyl groups excluding tert-OH is 1. The van der Waals surface area contributed by atoms with Crippen LogP contribution in [0, 0.1) is 0 Å². The van der Waals surface area contributed by atoms with Gasteiger partial charge in [-0.1, -0.05) is 24.3 Å². The van der Waals surface area contributed by atoms with Gasteiger partial charge in [0.15, 0.2) is 0 Å². The van der Waals surface area contributed by atoms with Crippen molar-refractivity contribution in [3.63, 3.8) is 0 Å². The molecule has 1 amide bonds. The van der Waals surface area contributed by atoms with E-state index in [0.29, 0.717) is 25.1 Å². The van der Waals surface area contributed by atoms with Crippen molar-refractivity contribution >= 4 is 28.2 Å². The number of hydrogen-bond donors (Lipinski definition) is 5. The molecule has 33 heavy (non-hydrogen) atoms. The summed E-state index contributed by atoms with van der Waals surface area (Å²) in [7, 11) is -3.89. The number of amides is 1. The minimum atomic E-state index is -3.89. The van der Waals surface area contributed by atoms with E-state index in [-0.39, 0.29) is 39.3 Å². The van der Waals surface area contributed by atoms with E-state index in [0.717, 1.165) is 17.7 Å². The predicted molar refractivity (Wildman–Crippen MR) is 125 cm³/mol. The minimum absolute atomic E-state index is 0. The van der Waals surface area contributed by atoms with Gasteiger partial charge >= 0.3 is 0 Å². The maximum absolute atomic E-state index is 12.8. The highest BCUT2D eigenvalue weighted by Gasteiger charge is 2.20. The summed E-state index contributed by atoms with van der Waals surface area (Å²) in [5, 5.41) is 32.4. The standard InChI is InChI=1S/C23H24N2O6S.ClH/c24-23(29)20-13-19(8-9-21(20)27)32(30,31)18-6-4-15(5-7-18)10-11-25-14-22(28)16-2-1-3-17(26)12-16;/h1-9,12-13,22,25-28H,10-11,14H2,(H2,24,29);1H/t22-;/m1./s1. The minimum Gasteiger partial charge on any atom is -0.508 e. The molecule has 3 aromatic carbocycles. The zero-order valence-corrected chi connectivity index (χ0v) is 19.1. The van der Waals surface area contributed by atoms with Crippen molar-refractivity contribution in [3.8, 4) is 11.5 Å². The van der Waals surface area contributed by atoms with Gasteiger partial charge in [0.25, 0.3) is 5.91 Å². The van der Waals surface area contributed by atoms with Gasteiger partial charge in [0.1, 0.15) is 11.5 Å². The lowest BCUT2D eigenvalue weighted by molar-refractivity contribution is 0.0997. The molecule has 0 aliphatic carbocycles. The van der Waals surface area contributed by atoms with Gasteiger partial charge in [-0.2, -0.15) is 0 Å². The molecule has 0 aliphatic heterocycles. The first-order chi connectivity index (χ1) is 15.2. The van der Waals surface area contributed by atoms with E-state index in [1.807, 2.05) is 0 Å². The lowest BCUT2D eigenvalue weighted by atomic mass is 10.1. The maximum Gasteiger partial charge on any atom is 0.252 e. The van der Waals surface area contributed by atoms with Crippen molar-refractivity contribution in [3.05, 3.63) is 83.4 Å². The molecule has 0 bridgehead atoms. The molecule has 1 atom stereocenters. The molecule has 6 N–H and O–H groups in total. The number of sulfone groups is 1. The summed E-state index contributed by atoms with van der Waals surface area (Å²) in [5.41, 5.74) is 6.42. The SMILES string of the molecule is Cl.NC(=O)c1cc(S(=O)(=O)c2ccc(CCNC[C@@H](O)c3cccc(O)c3)cc2)ccc1O. The van der Waals surface area contributed by atoms with E-state index in [9.17, 15) is 28.5 Å². The highest BCUT2D eigenvalue weighted by molar-refractivity contribution is 7.91. The normalized spacial score (nSPS) is 12.0. The summed E-state index contributed by atoms with van der Waals surface area (Å²) in [6.45, 7) is 0.862. The molecular weight excluding hydrogens is 468 g/mol. The summed E-state index contributed by atoms with van der Waals surface area (Å²) >= 11 is 0. The van der Waals surface area contributed by atoms with Crippen LogP contribution in [0.4, 0.5) is 0 Å². The number of halogens is 1. The summed E-state index contributed by atoms with van der Waals surface area (Å²) in [5.74, 6) is -1.21. The van der Waals surface area contributed by atoms with E-state index in [1.165, 1.54) is 30.3 Å². The highest BCUT2D eigenvalue weighted by atomic mass is 35.5. The molecule has 3 rings (SSSR count). The molecule has 0 fully saturated rings. The fourth-order valence-corrected chi connectivity index (χ4v) is 4.46. The zero-order chi connectivity index (χ0) is 23.3. The first-order valence-electron chi connectivity index (χ1n) is 9.83. The number of aromatic hydroxyl groups is 2. The third-order valence-electron chi connectivity index (χ3n) is 4.96. The van der Waals surface area contributed by atoms with Gasteiger partial charge in [-0.15, -0.1) is 12.4 Å². The van der Waals surface area contributed by atoms with E-state index in [4.69, 9.17) is 5.73 Å². The molecule has 0 spiro atoms. The Bertz CT molecular complexity index is 1220. The molecule has 176 valence electrons. The fourth-order valence-electron chi connectivity index (χ4n) is 3.17. The number of primary amides is 1. The first-order valence-corrected chi connectivity index (χ1v) is 11.3. The van der Waals surface area contributed by atoms with E-state index in [1.54, 1.807) is 24.3 Å². The third-order valence-corrected chi connectivity index (χ3v) is 6.73. The number of nitrogens with two attached hydrogens (primary N) is 1. The summed E-state index contributed by atoms with van der Waals surface area (Å²) < 4.78 is 25.7. The van der Waals surface area contributed by atoms with E-state index >= 15 is 0 Å². The van der Waals surface area contributed by atoms with Crippen molar-refractivity contribution in [2.75, 3.05) is 13.1 Å². The molecule has 3 aromatic rings. The van der Waals surface area contributed by atoms with Crippen LogP contribution in [0.5, 0.6) is 11.5 Å². The Morgan fingerprint density at radius 1 is 0.970 bits per heavy atom. The smallest absolute Gasteiger partial charge is 0.252 e. The number of phenols is 2. The largest absolute Gasteiger partial charge is 0.508 e. The number of hydrogen-bond acceptors (Lipinski definition) is 7. The average molecular weight is 493 g/mol. The summed E-state index contributed by atoms with van der Waals surface area (Å²) in [4.78, 5) is 11.3. The van der Waals surface area contributed by atoms with Crippen LogP contribution in [-0.4, -0.2) is 42.7 Å². The topological polar surface area (TPSA) is 150 Å². The van der Waals surface area contributed by atoms with Crippen LogP contribution in [0.25, 0.3) is 0 Å². The van der Waals surface area contributed by atoms with E-state index in [2.05, 4.69) is 5.32 Å². The molecule has 0 radical (unpaired) electrons. The van der Waals surface area contributed by atoms with Crippen molar-refractivity contribution < 1.29 is 28.5 Å². The monoisotopic (exact) mass is 492 g/mol. The molecular formula is C23H25ClN2O6S. The van der Waals surface area contributed by atoms with Gasteiger partial charge in [0.05, 0.1) is 21.5 Å². The van der Waals surface area contributed by atoms with Crippen LogP contribution in [0.15, 0.2) is 76.5 Å². The van der Waals surface area contributed by atoms with Crippen molar-refractivity contribution in [1.29, 1.82) is 0 Å². The highest BCUT2D eigenvalue weighted by Crippen LogP contribution is 2.26. The zero-order valence-electron chi connectivity index (χ0n) is 17.5. The molecule has 0 saturated heterocycles. The van der Waals surface area contributed by atoms with Crippen molar-refractivity contribution in [1.82, 2.24) is 5.32 Å². The number of aliphatic hydroxyl groups is 1. The molecule has 8 nitrogen and oxygen atoms in total. The molecule has 10 heteroatoms. The van der Waals surface area contributed by atoms with Crippen LogP contribution < -0.4 is 11.1 Å². The number of carbonyl (C=O) groups is 1. The van der Waals surface area contributed by atoms with Gasteiger partial charge in [-0.25, -0.2) is 8.42 Å². The van der Waals surface area contributed by atoms with Gasteiger partial charge in [-0.05, 0) is 66.6 Å². The lowest BCUT2D eigenvalue weighted by Gasteiger charge is -2.13. The second kappa shape index (κ2) is 11.2. The number of benzene rings is 3. The second-order valence-electron chi connectivity index (χ2n) is 7.26. The molecule has 0 aromatic heterocycles. The summed E-state index contributed by atoms with van der Waals surface area (Å²) in [6.07, 6.45) is -0.150. The Morgan fingerprint density at radius 2 is 1.64 bits per heavy atom. The van der Waals surface area contributed by atoms with Crippen LogP contribution >= 0.6 is 12.4 Å². The van der Waals surface area contributed by atoms with Crippen LogP contribution in [-0.2, 0) is 16.3 Å². The number of nitrogens with one attached hydrogen (secondary N) is 1. The van der Waals surface area contributed by atoms with Gasteiger partial charge in [-0.3, -0.25) is 4.79 Å². The Labute approximate surface area is 198 Å². The molecule has 0 heterocycles. The third kappa shape index (κ3) is 6.45. The predicted octanol–water partition coefficient (Wildman–Crippen LogP) is 2.32. The fraction of sp³-hybridized carbons (Fsp3) is 0.174. The van der Waals surface area contributed by atoms with Crippen molar-refractivity contribution in [2.45, 2.75) is 22.3 Å². The Morgan fingerprint density at radius 3 is 2.27 bits per heavy atom. The van der Waals surface area contributed by atoms with Gasteiger partial charge < -0.3 is 26.4 Å². The van der Waals surface area contributed by atoms with Crippen molar-refractivity contribution in [2.24, 2.45) is 5.73 Å². The average Bonchev–Trinajstić information content (AvgIpc) is 2.77. The number of carbonyl (C=O) groups excluding carboxylic acids is 1. The first kappa shape index (κ1) is 26.1. The van der Waals surface area contributed by atoms with Crippen LogP contribution in [0.1, 0.15) is 27.6 Å². The molecule has 0 saturated carbocycles. The van der Waals surface area contributed by atoms with Crippen LogP contribution in [0.2, 0.25) is 0 Å². The lowest BCUT2D eigenvalue weighted by Crippen LogP contribution is -2.23.